The molecule has 0 spiro atoms. The molecule has 1 aromatic rings. The Kier molecular flexibility index (Phi) is 5.08. The Bertz CT molecular complexity index is 468. The normalized spacial score (nSPS) is 11.8. The van der Waals surface area contributed by atoms with Crippen molar-refractivity contribution in [2.45, 2.75) is 13.0 Å². The number of thiol groups is 1. The summed E-state index contributed by atoms with van der Waals surface area (Å²) in [6.45, 7) is 1.24. The molecule has 7 heteroatoms. The molecule has 0 aliphatic carbocycles. The van der Waals surface area contributed by atoms with Crippen LogP contribution in [0.1, 0.15) is 6.92 Å². The van der Waals surface area contributed by atoms with E-state index in [-0.39, 0.29) is 11.4 Å². The lowest BCUT2D eigenvalue weighted by molar-refractivity contribution is -0.124. The second kappa shape index (κ2) is 6.34. The fraction of sp³-hybridized carbons (Fsp3) is 0.273. The summed E-state index contributed by atoms with van der Waals surface area (Å²) in [5.41, 5.74) is -0.280. The van der Waals surface area contributed by atoms with Gasteiger partial charge in [0.25, 0.3) is 0 Å². The molecule has 2 N–H and O–H groups in total. The molecule has 4 nitrogen and oxygen atoms in total. The van der Waals surface area contributed by atoms with E-state index in [1.54, 1.807) is 0 Å². The average Bonchev–Trinajstić information content (AvgIpc) is 2.30. The lowest BCUT2D eigenvalue weighted by Gasteiger charge is -2.15. The van der Waals surface area contributed by atoms with E-state index in [0.29, 0.717) is 0 Å². The van der Waals surface area contributed by atoms with Gasteiger partial charge in [-0.05, 0) is 12.1 Å². The molecule has 0 aromatic heterocycles. The number of rotatable bonds is 4. The summed E-state index contributed by atoms with van der Waals surface area (Å²) < 4.78 is 26.2. The smallest absolute Gasteiger partial charge is 0.247 e. The quantitative estimate of drug-likeness (QED) is 0.726. The van der Waals surface area contributed by atoms with E-state index in [9.17, 15) is 18.4 Å². The van der Waals surface area contributed by atoms with Crippen LogP contribution in [0.25, 0.3) is 0 Å². The summed E-state index contributed by atoms with van der Waals surface area (Å²) in [6.07, 6.45) is 0. The van der Waals surface area contributed by atoms with Gasteiger partial charge in [0, 0.05) is 18.7 Å². The first-order valence-corrected chi connectivity index (χ1v) is 5.71. The van der Waals surface area contributed by atoms with Crippen molar-refractivity contribution in [3.8, 4) is 0 Å². The Morgan fingerprint density at radius 1 is 1.39 bits per heavy atom. The zero-order chi connectivity index (χ0) is 13.7. The van der Waals surface area contributed by atoms with Gasteiger partial charge in [-0.2, -0.15) is 12.6 Å². The van der Waals surface area contributed by atoms with Crippen molar-refractivity contribution in [3.05, 3.63) is 29.8 Å². The van der Waals surface area contributed by atoms with Gasteiger partial charge in [-0.25, -0.2) is 8.78 Å². The van der Waals surface area contributed by atoms with Gasteiger partial charge in [0.15, 0.2) is 0 Å². The van der Waals surface area contributed by atoms with Crippen LogP contribution in [0.5, 0.6) is 0 Å². The number of carbonyl (C=O) groups is 2. The van der Waals surface area contributed by atoms with Crippen LogP contribution in [0.3, 0.4) is 0 Å². The SMILES string of the molecule is CC(=O)NC(CS)C(=O)Nc1cc(F)ccc1F. The fourth-order valence-corrected chi connectivity index (χ4v) is 1.51. The number of nitrogens with one attached hydrogen (secondary N) is 2. The molecule has 0 aliphatic heterocycles. The van der Waals surface area contributed by atoms with Gasteiger partial charge in [-0.3, -0.25) is 9.59 Å². The second-order valence-electron chi connectivity index (χ2n) is 3.55. The van der Waals surface area contributed by atoms with Crippen LogP contribution in [0.15, 0.2) is 18.2 Å². The maximum Gasteiger partial charge on any atom is 0.247 e. The molecule has 0 saturated carbocycles. The molecule has 0 bridgehead atoms. The Morgan fingerprint density at radius 3 is 2.61 bits per heavy atom. The highest BCUT2D eigenvalue weighted by Crippen LogP contribution is 2.15. The summed E-state index contributed by atoms with van der Waals surface area (Å²) in [5, 5.41) is 4.53. The van der Waals surface area contributed by atoms with Crippen molar-refractivity contribution in [1.29, 1.82) is 0 Å². The minimum atomic E-state index is -0.909. The molecule has 1 unspecified atom stereocenters. The molecule has 0 saturated heterocycles. The van der Waals surface area contributed by atoms with E-state index < -0.39 is 29.5 Å². The van der Waals surface area contributed by atoms with Crippen LogP contribution < -0.4 is 10.6 Å². The van der Waals surface area contributed by atoms with Gasteiger partial charge < -0.3 is 10.6 Å². The first kappa shape index (κ1) is 14.4. The molecule has 1 aromatic carbocycles. The van der Waals surface area contributed by atoms with Crippen LogP contribution in [0.2, 0.25) is 0 Å². The Morgan fingerprint density at radius 2 is 2.06 bits per heavy atom. The zero-order valence-electron chi connectivity index (χ0n) is 9.54. The van der Waals surface area contributed by atoms with Gasteiger partial charge in [-0.1, -0.05) is 0 Å². The van der Waals surface area contributed by atoms with Gasteiger partial charge in [0.05, 0.1) is 5.69 Å². The Hall–Kier alpha value is -1.63. The third kappa shape index (κ3) is 3.99. The van der Waals surface area contributed by atoms with Gasteiger partial charge in [0.1, 0.15) is 17.7 Å². The number of halogens is 2. The fourth-order valence-electron chi connectivity index (χ4n) is 1.25. The average molecular weight is 274 g/mol. The lowest BCUT2D eigenvalue weighted by atomic mass is 10.2. The van der Waals surface area contributed by atoms with Crippen LogP contribution in [0, 0.1) is 11.6 Å². The van der Waals surface area contributed by atoms with Gasteiger partial charge in [0.2, 0.25) is 11.8 Å². The number of benzene rings is 1. The van der Waals surface area contributed by atoms with E-state index in [4.69, 9.17) is 0 Å². The molecule has 1 rings (SSSR count). The van der Waals surface area contributed by atoms with Crippen LogP contribution in [-0.2, 0) is 9.59 Å². The van der Waals surface area contributed by atoms with Gasteiger partial charge in [-0.15, -0.1) is 0 Å². The van der Waals surface area contributed by atoms with Crippen molar-refractivity contribution in [3.63, 3.8) is 0 Å². The van der Waals surface area contributed by atoms with Crippen LogP contribution >= 0.6 is 12.6 Å². The molecule has 2 amide bonds. The molecular formula is C11H12F2N2O2S. The van der Waals surface area contributed by atoms with E-state index in [0.717, 1.165) is 18.2 Å². The molecule has 98 valence electrons. The first-order chi connectivity index (χ1) is 8.43. The first-order valence-electron chi connectivity index (χ1n) is 5.08. The number of anilines is 1. The monoisotopic (exact) mass is 274 g/mol. The zero-order valence-corrected chi connectivity index (χ0v) is 10.4. The maximum absolute atomic E-state index is 13.3. The Labute approximate surface area is 108 Å². The van der Waals surface area contributed by atoms with Crippen molar-refractivity contribution < 1.29 is 18.4 Å². The topological polar surface area (TPSA) is 58.2 Å². The third-order valence-corrected chi connectivity index (χ3v) is 2.43. The molecule has 0 aliphatic rings. The van der Waals surface area contributed by atoms with E-state index in [1.165, 1.54) is 6.92 Å². The van der Waals surface area contributed by atoms with Crippen molar-refractivity contribution >= 4 is 30.1 Å². The summed E-state index contributed by atoms with van der Waals surface area (Å²) in [6, 6.07) is 1.79. The number of hydrogen-bond donors (Lipinski definition) is 3. The lowest BCUT2D eigenvalue weighted by Crippen LogP contribution is -2.44. The minimum absolute atomic E-state index is 0.0440. The standard InChI is InChI=1S/C11H12F2N2O2S/c1-6(16)14-10(5-18)11(17)15-9-4-7(12)2-3-8(9)13/h2-4,10,18H,5H2,1H3,(H,14,16)(H,15,17). The van der Waals surface area contributed by atoms with E-state index in [2.05, 4.69) is 23.3 Å². The molecule has 0 fully saturated rings. The minimum Gasteiger partial charge on any atom is -0.344 e. The van der Waals surface area contributed by atoms with E-state index in [1.807, 2.05) is 0 Å². The van der Waals surface area contributed by atoms with Crippen LogP contribution in [0.4, 0.5) is 14.5 Å². The number of amides is 2. The van der Waals surface area contributed by atoms with E-state index >= 15 is 0 Å². The molecule has 0 radical (unpaired) electrons. The largest absolute Gasteiger partial charge is 0.344 e. The van der Waals surface area contributed by atoms with Crippen LogP contribution in [-0.4, -0.2) is 23.6 Å². The maximum atomic E-state index is 13.3. The highest BCUT2D eigenvalue weighted by atomic mass is 32.1. The van der Waals surface area contributed by atoms with Gasteiger partial charge >= 0.3 is 0 Å². The molecule has 0 heterocycles. The summed E-state index contributed by atoms with van der Waals surface area (Å²) in [7, 11) is 0. The predicted molar refractivity (Wildman–Crippen MR) is 66.4 cm³/mol. The number of carbonyl (C=O) groups excluding carboxylic acids is 2. The molecule has 18 heavy (non-hydrogen) atoms. The van der Waals surface area contributed by atoms with Crippen molar-refractivity contribution in [2.75, 3.05) is 11.1 Å². The third-order valence-electron chi connectivity index (χ3n) is 2.06. The highest BCUT2D eigenvalue weighted by molar-refractivity contribution is 7.80. The number of hydrogen-bond acceptors (Lipinski definition) is 3. The van der Waals surface area contributed by atoms with Crippen molar-refractivity contribution in [1.82, 2.24) is 5.32 Å². The Balaban J connectivity index is 2.79. The summed E-state index contributed by atoms with van der Waals surface area (Å²) in [4.78, 5) is 22.5. The van der Waals surface area contributed by atoms with Crippen molar-refractivity contribution in [2.24, 2.45) is 0 Å². The summed E-state index contributed by atoms with van der Waals surface area (Å²) in [5.74, 6) is -2.46. The molecule has 1 atom stereocenters. The predicted octanol–water partition coefficient (Wildman–Crippen LogP) is 1.34. The highest BCUT2D eigenvalue weighted by Gasteiger charge is 2.19. The molecular weight excluding hydrogens is 262 g/mol. The summed E-state index contributed by atoms with van der Waals surface area (Å²) >= 11 is 3.90. The second-order valence-corrected chi connectivity index (χ2v) is 3.91.